The van der Waals surface area contributed by atoms with Crippen LogP contribution >= 0.6 is 12.4 Å². The molecule has 2 aliphatic rings. The number of primary amides is 1. The number of benzene rings is 1. The first-order valence-corrected chi connectivity index (χ1v) is 10.2. The normalized spacial score (nSPS) is 18.8. The molecule has 1 aromatic rings. The summed E-state index contributed by atoms with van der Waals surface area (Å²) in [6, 6.07) is 5.41. The number of anilines is 2. The maximum Gasteiger partial charge on any atom is 0.250 e. The molecule has 28 heavy (non-hydrogen) atoms. The third kappa shape index (κ3) is 5.85. The predicted molar refractivity (Wildman–Crippen MR) is 116 cm³/mol. The lowest BCUT2D eigenvalue weighted by Crippen LogP contribution is -2.32. The van der Waals surface area contributed by atoms with E-state index in [0.717, 1.165) is 63.2 Å². The zero-order valence-electron chi connectivity index (χ0n) is 16.7. The molecule has 2 heterocycles. The van der Waals surface area contributed by atoms with E-state index in [1.807, 2.05) is 6.07 Å². The van der Waals surface area contributed by atoms with Crippen LogP contribution in [0.3, 0.4) is 0 Å². The molecule has 0 saturated carbocycles. The molecule has 0 bridgehead atoms. The Labute approximate surface area is 174 Å². The smallest absolute Gasteiger partial charge is 0.250 e. The minimum Gasteiger partial charge on any atom is -0.371 e. The topological polar surface area (TPSA) is 87.5 Å². The SMILES string of the molecule is CC(CC(=O)Nc1ccc(C(N)=O)c(N2CCCCC2)c1)C1CCNCC1.Cl. The molecule has 2 fully saturated rings. The van der Waals surface area contributed by atoms with Crippen LogP contribution in [0.2, 0.25) is 0 Å². The molecule has 1 aromatic carbocycles. The van der Waals surface area contributed by atoms with Gasteiger partial charge in [0.1, 0.15) is 0 Å². The Morgan fingerprint density at radius 2 is 1.89 bits per heavy atom. The molecule has 2 aliphatic heterocycles. The highest BCUT2D eigenvalue weighted by Gasteiger charge is 2.23. The van der Waals surface area contributed by atoms with Crippen LogP contribution in [0.4, 0.5) is 11.4 Å². The quantitative estimate of drug-likeness (QED) is 0.674. The van der Waals surface area contributed by atoms with Crippen LogP contribution in [0.15, 0.2) is 18.2 Å². The largest absolute Gasteiger partial charge is 0.371 e. The second kappa shape index (κ2) is 10.7. The molecular weight excluding hydrogens is 376 g/mol. The number of rotatable bonds is 6. The Morgan fingerprint density at radius 3 is 2.54 bits per heavy atom. The van der Waals surface area contributed by atoms with E-state index >= 15 is 0 Å². The average Bonchev–Trinajstić information content (AvgIpc) is 2.69. The van der Waals surface area contributed by atoms with Crippen molar-refractivity contribution < 1.29 is 9.59 Å². The summed E-state index contributed by atoms with van der Waals surface area (Å²) in [4.78, 5) is 26.6. The molecular formula is C21H33ClN4O2. The summed E-state index contributed by atoms with van der Waals surface area (Å²) >= 11 is 0. The number of hydrogen-bond donors (Lipinski definition) is 3. The van der Waals surface area contributed by atoms with E-state index in [1.165, 1.54) is 6.42 Å². The van der Waals surface area contributed by atoms with Crippen molar-refractivity contribution >= 4 is 35.6 Å². The van der Waals surface area contributed by atoms with Crippen LogP contribution < -0.4 is 21.3 Å². The zero-order chi connectivity index (χ0) is 19.2. The lowest BCUT2D eigenvalue weighted by molar-refractivity contribution is -0.117. The standard InChI is InChI=1S/C21H32N4O2.ClH/c1-15(16-7-9-23-10-8-16)13-20(26)24-17-5-6-18(21(22)27)19(14-17)25-11-3-2-4-12-25;/h5-6,14-16,23H,2-4,7-13H2,1H3,(H2,22,27)(H,24,26);1H. The molecule has 2 saturated heterocycles. The highest BCUT2D eigenvalue weighted by atomic mass is 35.5. The summed E-state index contributed by atoms with van der Waals surface area (Å²) in [6.07, 6.45) is 6.25. The number of nitrogens with one attached hydrogen (secondary N) is 2. The number of nitrogens with zero attached hydrogens (tertiary/aromatic N) is 1. The van der Waals surface area contributed by atoms with E-state index < -0.39 is 5.91 Å². The van der Waals surface area contributed by atoms with Crippen LogP contribution in [-0.2, 0) is 4.79 Å². The summed E-state index contributed by atoms with van der Waals surface area (Å²) in [5.41, 5.74) is 7.67. The molecule has 7 heteroatoms. The first-order valence-electron chi connectivity index (χ1n) is 10.2. The molecule has 6 nitrogen and oxygen atoms in total. The number of piperidine rings is 2. The van der Waals surface area contributed by atoms with Crippen LogP contribution in [0.25, 0.3) is 0 Å². The number of nitrogens with two attached hydrogens (primary N) is 1. The van der Waals surface area contributed by atoms with Gasteiger partial charge in [0.05, 0.1) is 11.3 Å². The maximum absolute atomic E-state index is 12.5. The molecule has 0 spiro atoms. The van der Waals surface area contributed by atoms with Crippen LogP contribution in [-0.4, -0.2) is 38.0 Å². The lowest BCUT2D eigenvalue weighted by atomic mass is 9.84. The lowest BCUT2D eigenvalue weighted by Gasteiger charge is -2.30. The average molecular weight is 409 g/mol. The fraction of sp³-hybridized carbons (Fsp3) is 0.619. The highest BCUT2D eigenvalue weighted by molar-refractivity contribution is 6.00. The highest BCUT2D eigenvalue weighted by Crippen LogP contribution is 2.29. The number of carbonyl (C=O) groups excluding carboxylic acids is 2. The Hall–Kier alpha value is -1.79. The molecule has 156 valence electrons. The van der Waals surface area contributed by atoms with Gasteiger partial charge in [-0.2, -0.15) is 0 Å². The first kappa shape index (κ1) is 22.5. The van der Waals surface area contributed by atoms with E-state index in [1.54, 1.807) is 12.1 Å². The van der Waals surface area contributed by atoms with Crippen molar-refractivity contribution in [2.45, 2.75) is 45.4 Å². The molecule has 0 aliphatic carbocycles. The van der Waals surface area contributed by atoms with Crippen LogP contribution in [0, 0.1) is 11.8 Å². The van der Waals surface area contributed by atoms with Gasteiger partial charge < -0.3 is 21.3 Å². The van der Waals surface area contributed by atoms with Crippen molar-refractivity contribution in [1.29, 1.82) is 0 Å². The maximum atomic E-state index is 12.5. The van der Waals surface area contributed by atoms with Gasteiger partial charge in [-0.1, -0.05) is 6.92 Å². The van der Waals surface area contributed by atoms with Gasteiger partial charge in [0.15, 0.2) is 0 Å². The van der Waals surface area contributed by atoms with Gasteiger partial charge in [-0.15, -0.1) is 12.4 Å². The summed E-state index contributed by atoms with van der Waals surface area (Å²) in [6.45, 7) is 6.11. The van der Waals surface area contributed by atoms with E-state index in [0.29, 0.717) is 23.8 Å². The number of amides is 2. The van der Waals surface area contributed by atoms with Gasteiger partial charge in [0, 0.05) is 25.2 Å². The summed E-state index contributed by atoms with van der Waals surface area (Å²) in [5.74, 6) is 0.599. The predicted octanol–water partition coefficient (Wildman–Crippen LogP) is 3.16. The molecule has 3 rings (SSSR count). The third-order valence-corrected chi connectivity index (χ3v) is 5.94. The third-order valence-electron chi connectivity index (χ3n) is 5.94. The van der Waals surface area contributed by atoms with E-state index in [9.17, 15) is 9.59 Å². The molecule has 4 N–H and O–H groups in total. The molecule has 1 unspecified atom stereocenters. The summed E-state index contributed by atoms with van der Waals surface area (Å²) in [5, 5.41) is 6.40. The Balaban J connectivity index is 0.00000280. The first-order chi connectivity index (χ1) is 13.0. The van der Waals surface area contributed by atoms with Crippen molar-refractivity contribution in [3.63, 3.8) is 0 Å². The number of hydrogen-bond acceptors (Lipinski definition) is 4. The Kier molecular flexibility index (Phi) is 8.58. The van der Waals surface area contributed by atoms with Gasteiger partial charge in [-0.05, 0) is 75.2 Å². The summed E-state index contributed by atoms with van der Waals surface area (Å²) in [7, 11) is 0. The van der Waals surface area contributed by atoms with Gasteiger partial charge in [-0.3, -0.25) is 9.59 Å². The number of halogens is 1. The zero-order valence-corrected chi connectivity index (χ0v) is 17.5. The molecule has 1 atom stereocenters. The fourth-order valence-electron chi connectivity index (χ4n) is 4.30. The van der Waals surface area contributed by atoms with Crippen LogP contribution in [0.1, 0.15) is 55.8 Å². The molecule has 0 aromatic heterocycles. The van der Waals surface area contributed by atoms with E-state index in [4.69, 9.17) is 5.73 Å². The van der Waals surface area contributed by atoms with Crippen molar-refractivity contribution in [2.75, 3.05) is 36.4 Å². The Bertz CT molecular complexity index is 670. The van der Waals surface area contributed by atoms with E-state index in [-0.39, 0.29) is 18.3 Å². The second-order valence-electron chi connectivity index (χ2n) is 7.96. The second-order valence-corrected chi connectivity index (χ2v) is 7.96. The number of carbonyl (C=O) groups is 2. The van der Waals surface area contributed by atoms with Crippen molar-refractivity contribution in [1.82, 2.24) is 5.32 Å². The minimum absolute atomic E-state index is 0. The van der Waals surface area contributed by atoms with Crippen molar-refractivity contribution in [3.05, 3.63) is 23.8 Å². The minimum atomic E-state index is -0.423. The van der Waals surface area contributed by atoms with Gasteiger partial charge in [0.25, 0.3) is 5.91 Å². The van der Waals surface area contributed by atoms with E-state index in [2.05, 4.69) is 22.5 Å². The molecule has 0 radical (unpaired) electrons. The van der Waals surface area contributed by atoms with Gasteiger partial charge in [0.2, 0.25) is 5.91 Å². The molecule has 2 amide bonds. The van der Waals surface area contributed by atoms with Crippen molar-refractivity contribution in [2.24, 2.45) is 17.6 Å². The van der Waals surface area contributed by atoms with Crippen molar-refractivity contribution in [3.8, 4) is 0 Å². The summed E-state index contributed by atoms with van der Waals surface area (Å²) < 4.78 is 0. The Morgan fingerprint density at radius 1 is 1.21 bits per heavy atom. The van der Waals surface area contributed by atoms with Gasteiger partial charge >= 0.3 is 0 Å². The van der Waals surface area contributed by atoms with Crippen LogP contribution in [0.5, 0.6) is 0 Å². The fourth-order valence-corrected chi connectivity index (χ4v) is 4.30. The van der Waals surface area contributed by atoms with Gasteiger partial charge in [-0.25, -0.2) is 0 Å². The monoisotopic (exact) mass is 408 g/mol.